The molecule has 86 valence electrons. The molecule has 0 radical (unpaired) electrons. The van der Waals surface area contributed by atoms with Crippen LogP contribution in [-0.2, 0) is 10.5 Å². The Morgan fingerprint density at radius 2 is 2.06 bits per heavy atom. The third-order valence-electron chi connectivity index (χ3n) is 2.95. The van der Waals surface area contributed by atoms with E-state index >= 15 is 0 Å². The van der Waals surface area contributed by atoms with Crippen LogP contribution in [0.15, 0.2) is 24.3 Å². The van der Waals surface area contributed by atoms with Crippen molar-refractivity contribution in [1.29, 1.82) is 0 Å². The van der Waals surface area contributed by atoms with Gasteiger partial charge in [0.2, 0.25) is 5.79 Å². The van der Waals surface area contributed by atoms with E-state index in [0.29, 0.717) is 17.5 Å². The van der Waals surface area contributed by atoms with E-state index in [0.717, 1.165) is 19.3 Å². The molecule has 3 nitrogen and oxygen atoms in total. The van der Waals surface area contributed by atoms with E-state index in [9.17, 15) is 9.90 Å². The summed E-state index contributed by atoms with van der Waals surface area (Å²) >= 11 is 0. The molecule has 3 heteroatoms. The molecule has 1 unspecified atom stereocenters. The largest absolute Gasteiger partial charge is 0.425 e. The van der Waals surface area contributed by atoms with Gasteiger partial charge < -0.3 is 9.84 Å². The van der Waals surface area contributed by atoms with Gasteiger partial charge >= 0.3 is 5.97 Å². The Hall–Kier alpha value is -1.35. The van der Waals surface area contributed by atoms with Crippen molar-refractivity contribution in [2.24, 2.45) is 0 Å². The second-order valence-electron chi connectivity index (χ2n) is 4.18. The molecule has 1 atom stereocenters. The summed E-state index contributed by atoms with van der Waals surface area (Å²) in [7, 11) is 0. The predicted molar refractivity (Wildman–Crippen MR) is 59.9 cm³/mol. The quantitative estimate of drug-likeness (QED) is 0.626. The molecule has 1 aliphatic rings. The molecule has 16 heavy (non-hydrogen) atoms. The highest BCUT2D eigenvalue weighted by Crippen LogP contribution is 2.37. The highest BCUT2D eigenvalue weighted by atomic mass is 16.7. The van der Waals surface area contributed by atoms with Gasteiger partial charge in [-0.05, 0) is 12.5 Å². The summed E-state index contributed by atoms with van der Waals surface area (Å²) in [5, 5.41) is 10.3. The first-order chi connectivity index (χ1) is 7.67. The number of esters is 1. The van der Waals surface area contributed by atoms with Crippen molar-refractivity contribution in [3.05, 3.63) is 35.4 Å². The molecular formula is C13H16O3. The molecule has 1 N–H and O–H groups in total. The lowest BCUT2D eigenvalue weighted by Crippen LogP contribution is -2.25. The number of cyclic esters (lactones) is 1. The van der Waals surface area contributed by atoms with Gasteiger partial charge in [-0.1, -0.05) is 38.0 Å². The summed E-state index contributed by atoms with van der Waals surface area (Å²) in [4.78, 5) is 11.5. The van der Waals surface area contributed by atoms with Crippen LogP contribution in [-0.4, -0.2) is 11.1 Å². The molecule has 0 saturated heterocycles. The van der Waals surface area contributed by atoms with Crippen LogP contribution in [0.4, 0.5) is 0 Å². The smallest absolute Gasteiger partial charge is 0.341 e. The minimum Gasteiger partial charge on any atom is -0.425 e. The number of unbranched alkanes of at least 4 members (excludes halogenated alkanes) is 2. The molecule has 0 fully saturated rings. The molecule has 0 aliphatic carbocycles. The van der Waals surface area contributed by atoms with Crippen LogP contribution >= 0.6 is 0 Å². The number of carbonyl (C=O) groups excluding carboxylic acids is 1. The Morgan fingerprint density at radius 3 is 2.81 bits per heavy atom. The number of ether oxygens (including phenoxy) is 1. The molecule has 1 aromatic rings. The van der Waals surface area contributed by atoms with Crippen molar-refractivity contribution in [3.63, 3.8) is 0 Å². The fraction of sp³-hybridized carbons (Fsp3) is 0.462. The van der Waals surface area contributed by atoms with E-state index in [1.165, 1.54) is 0 Å². The van der Waals surface area contributed by atoms with Crippen molar-refractivity contribution >= 4 is 5.97 Å². The summed E-state index contributed by atoms with van der Waals surface area (Å²) < 4.78 is 5.08. The van der Waals surface area contributed by atoms with Crippen molar-refractivity contribution in [2.45, 2.75) is 38.4 Å². The molecule has 0 spiro atoms. The maximum Gasteiger partial charge on any atom is 0.341 e. The second-order valence-corrected chi connectivity index (χ2v) is 4.18. The molecule has 1 aromatic carbocycles. The van der Waals surface area contributed by atoms with E-state index in [1.807, 2.05) is 6.07 Å². The first-order valence-electron chi connectivity index (χ1n) is 5.72. The molecular weight excluding hydrogens is 204 g/mol. The molecule has 1 heterocycles. The van der Waals surface area contributed by atoms with Gasteiger partial charge in [0.1, 0.15) is 0 Å². The van der Waals surface area contributed by atoms with Crippen LogP contribution in [0.25, 0.3) is 0 Å². The zero-order valence-corrected chi connectivity index (χ0v) is 9.40. The zero-order chi connectivity index (χ0) is 11.6. The van der Waals surface area contributed by atoms with Gasteiger partial charge in [0.25, 0.3) is 0 Å². The Bertz CT molecular complexity index is 400. The van der Waals surface area contributed by atoms with Crippen molar-refractivity contribution in [3.8, 4) is 0 Å². The monoisotopic (exact) mass is 220 g/mol. The van der Waals surface area contributed by atoms with E-state index < -0.39 is 11.8 Å². The highest BCUT2D eigenvalue weighted by Gasteiger charge is 2.43. The lowest BCUT2D eigenvalue weighted by atomic mass is 9.97. The SMILES string of the molecule is CCCCCC1(O)OC(=O)c2ccccc21. The van der Waals surface area contributed by atoms with E-state index in [1.54, 1.807) is 18.2 Å². The van der Waals surface area contributed by atoms with Crippen LogP contribution in [0, 0.1) is 0 Å². The molecule has 0 amide bonds. The third-order valence-corrected chi connectivity index (χ3v) is 2.95. The highest BCUT2D eigenvalue weighted by molar-refractivity contribution is 5.94. The Labute approximate surface area is 95.0 Å². The van der Waals surface area contributed by atoms with Crippen LogP contribution in [0.2, 0.25) is 0 Å². The zero-order valence-electron chi connectivity index (χ0n) is 9.40. The van der Waals surface area contributed by atoms with Gasteiger partial charge in [-0.25, -0.2) is 4.79 Å². The van der Waals surface area contributed by atoms with E-state index in [4.69, 9.17) is 4.74 Å². The maximum atomic E-state index is 11.5. The van der Waals surface area contributed by atoms with Crippen LogP contribution < -0.4 is 0 Å². The van der Waals surface area contributed by atoms with Gasteiger partial charge in [-0.2, -0.15) is 0 Å². The Morgan fingerprint density at radius 1 is 1.31 bits per heavy atom. The lowest BCUT2D eigenvalue weighted by molar-refractivity contribution is -0.168. The van der Waals surface area contributed by atoms with Crippen molar-refractivity contribution < 1.29 is 14.6 Å². The van der Waals surface area contributed by atoms with Crippen molar-refractivity contribution in [1.82, 2.24) is 0 Å². The summed E-state index contributed by atoms with van der Waals surface area (Å²) in [5.41, 5.74) is 1.10. The average Bonchev–Trinajstić information content (AvgIpc) is 2.53. The van der Waals surface area contributed by atoms with Crippen molar-refractivity contribution in [2.75, 3.05) is 0 Å². The van der Waals surface area contributed by atoms with E-state index in [2.05, 4.69) is 6.92 Å². The third kappa shape index (κ3) is 1.83. The molecule has 2 rings (SSSR count). The number of carbonyl (C=O) groups is 1. The number of hydrogen-bond donors (Lipinski definition) is 1. The molecule has 0 bridgehead atoms. The number of aliphatic hydroxyl groups is 1. The Kier molecular flexibility index (Phi) is 2.97. The predicted octanol–water partition coefficient (Wildman–Crippen LogP) is 2.58. The van der Waals surface area contributed by atoms with Gasteiger partial charge in [-0.15, -0.1) is 0 Å². The summed E-state index contributed by atoms with van der Waals surface area (Å²) in [6.45, 7) is 2.10. The average molecular weight is 220 g/mol. The fourth-order valence-electron chi connectivity index (χ4n) is 2.07. The van der Waals surface area contributed by atoms with Gasteiger partial charge in [0, 0.05) is 12.0 Å². The fourth-order valence-corrected chi connectivity index (χ4v) is 2.07. The number of hydrogen-bond acceptors (Lipinski definition) is 3. The minimum absolute atomic E-state index is 0.422. The number of rotatable bonds is 4. The van der Waals surface area contributed by atoms with Crippen LogP contribution in [0.5, 0.6) is 0 Å². The summed E-state index contributed by atoms with van der Waals surface area (Å²) in [6.07, 6.45) is 3.44. The lowest BCUT2D eigenvalue weighted by Gasteiger charge is -2.21. The normalized spacial score (nSPS) is 23.0. The standard InChI is InChI=1S/C13H16O3/c1-2-3-6-9-13(15)11-8-5-4-7-10(11)12(14)16-13/h4-5,7-8,15H,2-3,6,9H2,1H3. The topological polar surface area (TPSA) is 46.5 Å². The Balaban J connectivity index is 2.21. The van der Waals surface area contributed by atoms with Crippen LogP contribution in [0.1, 0.15) is 48.5 Å². The first kappa shape index (κ1) is 11.1. The number of fused-ring (bicyclic) bond motifs is 1. The summed E-state index contributed by atoms with van der Waals surface area (Å²) in [6, 6.07) is 7.03. The van der Waals surface area contributed by atoms with E-state index in [-0.39, 0.29) is 0 Å². The van der Waals surface area contributed by atoms with Gasteiger partial charge in [0.05, 0.1) is 5.56 Å². The van der Waals surface area contributed by atoms with Crippen LogP contribution in [0.3, 0.4) is 0 Å². The second kappa shape index (κ2) is 4.26. The molecule has 0 saturated carbocycles. The molecule has 1 aliphatic heterocycles. The van der Waals surface area contributed by atoms with Gasteiger partial charge in [0.15, 0.2) is 0 Å². The molecule has 0 aromatic heterocycles. The van der Waals surface area contributed by atoms with Gasteiger partial charge in [-0.3, -0.25) is 0 Å². The minimum atomic E-state index is -1.40. The first-order valence-corrected chi connectivity index (χ1v) is 5.72. The maximum absolute atomic E-state index is 11.5. The summed E-state index contributed by atoms with van der Waals surface area (Å²) in [5.74, 6) is -1.82. The number of benzene rings is 1.